The normalized spacial score (nSPS) is 16.8. The quantitative estimate of drug-likeness (QED) is 0.883. The van der Waals surface area contributed by atoms with Crippen molar-refractivity contribution in [2.75, 3.05) is 19.6 Å². The van der Waals surface area contributed by atoms with Crippen LogP contribution in [0.4, 0.5) is 0 Å². The molecule has 0 bridgehead atoms. The molecule has 142 valence electrons. The first kappa shape index (κ1) is 19.2. The SMILES string of the molecule is Cc1ccc(CCNC(=O)[C@@H]2CCCN(C(=O)c3cccc(C)c3)C2)cc1. The molecule has 1 heterocycles. The van der Waals surface area contributed by atoms with Gasteiger partial charge in [0.25, 0.3) is 5.91 Å². The zero-order valence-corrected chi connectivity index (χ0v) is 16.2. The van der Waals surface area contributed by atoms with E-state index < -0.39 is 0 Å². The molecule has 4 heteroatoms. The summed E-state index contributed by atoms with van der Waals surface area (Å²) in [7, 11) is 0. The molecule has 2 amide bonds. The highest BCUT2D eigenvalue weighted by molar-refractivity contribution is 5.95. The van der Waals surface area contributed by atoms with Crippen molar-refractivity contribution in [2.24, 2.45) is 5.92 Å². The Morgan fingerprint density at radius 3 is 2.59 bits per heavy atom. The maximum absolute atomic E-state index is 12.7. The summed E-state index contributed by atoms with van der Waals surface area (Å²) in [6, 6.07) is 16.0. The van der Waals surface area contributed by atoms with Gasteiger partial charge in [0, 0.05) is 25.2 Å². The molecular formula is C23H28N2O2. The minimum absolute atomic E-state index is 0.0239. The molecule has 0 unspecified atom stereocenters. The number of carbonyl (C=O) groups is 2. The molecule has 1 fully saturated rings. The molecule has 1 N–H and O–H groups in total. The van der Waals surface area contributed by atoms with Crippen molar-refractivity contribution in [1.29, 1.82) is 0 Å². The van der Waals surface area contributed by atoms with Crippen LogP contribution in [-0.2, 0) is 11.2 Å². The lowest BCUT2D eigenvalue weighted by atomic mass is 9.96. The predicted molar refractivity (Wildman–Crippen MR) is 108 cm³/mol. The standard InChI is InChI=1S/C23H28N2O2/c1-17-8-10-19(11-9-17)12-13-24-22(26)21-7-4-14-25(16-21)23(27)20-6-3-5-18(2)15-20/h3,5-6,8-11,15,21H,4,7,12-14,16H2,1-2H3,(H,24,26)/t21-/m1/s1. The Kier molecular flexibility index (Phi) is 6.28. The lowest BCUT2D eigenvalue weighted by Gasteiger charge is -2.32. The number of piperidine rings is 1. The van der Waals surface area contributed by atoms with E-state index in [1.54, 1.807) is 0 Å². The molecule has 0 spiro atoms. The van der Waals surface area contributed by atoms with Crippen LogP contribution in [0.2, 0.25) is 0 Å². The number of likely N-dealkylation sites (tertiary alicyclic amines) is 1. The Hall–Kier alpha value is -2.62. The van der Waals surface area contributed by atoms with Gasteiger partial charge in [-0.05, 0) is 50.8 Å². The van der Waals surface area contributed by atoms with Crippen molar-refractivity contribution < 1.29 is 9.59 Å². The Morgan fingerprint density at radius 1 is 1.07 bits per heavy atom. The Bertz CT molecular complexity index is 798. The summed E-state index contributed by atoms with van der Waals surface area (Å²) in [6.45, 7) is 5.91. The van der Waals surface area contributed by atoms with Gasteiger partial charge in [-0.3, -0.25) is 9.59 Å². The smallest absolute Gasteiger partial charge is 0.253 e. The highest BCUT2D eigenvalue weighted by atomic mass is 16.2. The highest BCUT2D eigenvalue weighted by Crippen LogP contribution is 2.19. The maximum atomic E-state index is 12.7. The number of hydrogen-bond donors (Lipinski definition) is 1. The van der Waals surface area contributed by atoms with E-state index in [4.69, 9.17) is 0 Å². The minimum Gasteiger partial charge on any atom is -0.355 e. The first-order valence-electron chi connectivity index (χ1n) is 9.72. The average molecular weight is 364 g/mol. The number of benzene rings is 2. The minimum atomic E-state index is -0.120. The van der Waals surface area contributed by atoms with Crippen LogP contribution in [0.3, 0.4) is 0 Å². The highest BCUT2D eigenvalue weighted by Gasteiger charge is 2.28. The zero-order chi connectivity index (χ0) is 19.2. The van der Waals surface area contributed by atoms with Gasteiger partial charge in [0.2, 0.25) is 5.91 Å². The molecule has 0 aliphatic carbocycles. The average Bonchev–Trinajstić information content (AvgIpc) is 2.69. The molecule has 1 aliphatic rings. The van der Waals surface area contributed by atoms with Crippen LogP contribution in [0, 0.1) is 19.8 Å². The number of hydrogen-bond acceptors (Lipinski definition) is 2. The molecular weight excluding hydrogens is 336 g/mol. The molecule has 27 heavy (non-hydrogen) atoms. The zero-order valence-electron chi connectivity index (χ0n) is 16.2. The van der Waals surface area contributed by atoms with Gasteiger partial charge in [-0.25, -0.2) is 0 Å². The van der Waals surface area contributed by atoms with E-state index in [9.17, 15) is 9.59 Å². The molecule has 2 aromatic rings. The second kappa shape index (κ2) is 8.85. The van der Waals surface area contributed by atoms with E-state index in [0.717, 1.165) is 31.4 Å². The van der Waals surface area contributed by atoms with Gasteiger partial charge in [0.05, 0.1) is 5.92 Å². The Labute approximate surface area is 161 Å². The van der Waals surface area contributed by atoms with Crippen LogP contribution in [0.25, 0.3) is 0 Å². The van der Waals surface area contributed by atoms with Gasteiger partial charge >= 0.3 is 0 Å². The van der Waals surface area contributed by atoms with Crippen LogP contribution >= 0.6 is 0 Å². The van der Waals surface area contributed by atoms with Crippen LogP contribution in [0.5, 0.6) is 0 Å². The van der Waals surface area contributed by atoms with Gasteiger partial charge in [-0.1, -0.05) is 47.5 Å². The van der Waals surface area contributed by atoms with Gasteiger partial charge in [0.15, 0.2) is 0 Å². The van der Waals surface area contributed by atoms with Crippen molar-refractivity contribution in [3.8, 4) is 0 Å². The van der Waals surface area contributed by atoms with Gasteiger partial charge < -0.3 is 10.2 Å². The topological polar surface area (TPSA) is 49.4 Å². The van der Waals surface area contributed by atoms with E-state index in [0.29, 0.717) is 18.7 Å². The van der Waals surface area contributed by atoms with Crippen LogP contribution in [-0.4, -0.2) is 36.3 Å². The lowest BCUT2D eigenvalue weighted by molar-refractivity contribution is -0.126. The molecule has 4 nitrogen and oxygen atoms in total. The third kappa shape index (κ3) is 5.19. The molecule has 2 aromatic carbocycles. The molecule has 0 saturated carbocycles. The number of nitrogens with one attached hydrogen (secondary N) is 1. The summed E-state index contributed by atoms with van der Waals surface area (Å²) in [5, 5.41) is 3.05. The van der Waals surface area contributed by atoms with Gasteiger partial charge in [0.1, 0.15) is 0 Å². The van der Waals surface area contributed by atoms with Crippen LogP contribution in [0.1, 0.15) is 39.9 Å². The molecule has 3 rings (SSSR count). The summed E-state index contributed by atoms with van der Waals surface area (Å²) in [5.74, 6) is -0.0368. The van der Waals surface area contributed by atoms with E-state index in [-0.39, 0.29) is 17.7 Å². The van der Waals surface area contributed by atoms with Crippen molar-refractivity contribution >= 4 is 11.8 Å². The largest absolute Gasteiger partial charge is 0.355 e. The van der Waals surface area contributed by atoms with Crippen molar-refractivity contribution in [2.45, 2.75) is 33.1 Å². The summed E-state index contributed by atoms with van der Waals surface area (Å²) >= 11 is 0. The summed E-state index contributed by atoms with van der Waals surface area (Å²) in [4.78, 5) is 27.1. The third-order valence-corrected chi connectivity index (χ3v) is 5.18. The number of amides is 2. The first-order valence-corrected chi connectivity index (χ1v) is 9.72. The second-order valence-corrected chi connectivity index (χ2v) is 7.49. The molecule has 1 aliphatic heterocycles. The summed E-state index contributed by atoms with van der Waals surface area (Å²) in [5.41, 5.74) is 4.24. The molecule has 0 radical (unpaired) electrons. The summed E-state index contributed by atoms with van der Waals surface area (Å²) in [6.07, 6.45) is 2.53. The fraction of sp³-hybridized carbons (Fsp3) is 0.391. The molecule has 0 aromatic heterocycles. The number of carbonyl (C=O) groups excluding carboxylic acids is 2. The van der Waals surface area contributed by atoms with Gasteiger partial charge in [-0.15, -0.1) is 0 Å². The van der Waals surface area contributed by atoms with Crippen molar-refractivity contribution in [3.05, 3.63) is 70.8 Å². The molecule has 1 saturated heterocycles. The fourth-order valence-corrected chi connectivity index (χ4v) is 3.57. The third-order valence-electron chi connectivity index (χ3n) is 5.18. The second-order valence-electron chi connectivity index (χ2n) is 7.49. The molecule has 1 atom stereocenters. The van der Waals surface area contributed by atoms with Crippen molar-refractivity contribution in [1.82, 2.24) is 10.2 Å². The Morgan fingerprint density at radius 2 is 1.85 bits per heavy atom. The van der Waals surface area contributed by atoms with Crippen LogP contribution < -0.4 is 5.32 Å². The van der Waals surface area contributed by atoms with Crippen molar-refractivity contribution in [3.63, 3.8) is 0 Å². The number of rotatable bonds is 5. The van der Waals surface area contributed by atoms with E-state index in [1.165, 1.54) is 11.1 Å². The van der Waals surface area contributed by atoms with E-state index in [1.807, 2.05) is 36.1 Å². The predicted octanol–water partition coefficient (Wildman–Crippen LogP) is 3.51. The Balaban J connectivity index is 1.51. The van der Waals surface area contributed by atoms with Crippen LogP contribution in [0.15, 0.2) is 48.5 Å². The maximum Gasteiger partial charge on any atom is 0.253 e. The fourth-order valence-electron chi connectivity index (χ4n) is 3.57. The van der Waals surface area contributed by atoms with E-state index in [2.05, 4.69) is 36.5 Å². The number of nitrogens with zero attached hydrogens (tertiary/aromatic N) is 1. The summed E-state index contributed by atoms with van der Waals surface area (Å²) < 4.78 is 0. The monoisotopic (exact) mass is 364 g/mol. The van der Waals surface area contributed by atoms with E-state index >= 15 is 0 Å². The number of aryl methyl sites for hydroxylation is 2. The van der Waals surface area contributed by atoms with Gasteiger partial charge in [-0.2, -0.15) is 0 Å². The first-order chi connectivity index (χ1) is 13.0. The lowest BCUT2D eigenvalue weighted by Crippen LogP contribution is -2.45.